The molecule has 1 amide bonds. The first kappa shape index (κ1) is 22.6. The lowest BCUT2D eigenvalue weighted by Gasteiger charge is -2.23. The Bertz CT molecular complexity index is 985. The Kier molecular flexibility index (Phi) is 6.68. The molecular weight excluding hydrogens is 396 g/mol. The zero-order chi connectivity index (χ0) is 22.7. The Morgan fingerprint density at radius 1 is 1.09 bits per heavy atom. The molecule has 2 aromatic rings. The Hall–Kier alpha value is -2.62. The van der Waals surface area contributed by atoms with Crippen LogP contribution in [0, 0.1) is 5.92 Å². The lowest BCUT2D eigenvalue weighted by molar-refractivity contribution is -0.131. The average Bonchev–Trinajstić information content (AvgIpc) is 3.35. The smallest absolute Gasteiger partial charge is 0.256 e. The van der Waals surface area contributed by atoms with E-state index in [-0.39, 0.29) is 11.7 Å². The maximum atomic E-state index is 13.4. The van der Waals surface area contributed by atoms with Crippen molar-refractivity contribution in [2.45, 2.75) is 84.2 Å². The predicted molar refractivity (Wildman–Crippen MR) is 131 cm³/mol. The van der Waals surface area contributed by atoms with Crippen molar-refractivity contribution in [3.8, 4) is 16.9 Å². The van der Waals surface area contributed by atoms with Crippen LogP contribution in [0.15, 0.2) is 47.5 Å². The van der Waals surface area contributed by atoms with Gasteiger partial charge < -0.3 is 5.11 Å². The minimum atomic E-state index is -0.476. The second-order valence-electron chi connectivity index (χ2n) is 9.90. The number of phenols is 1. The molecule has 0 atom stereocenters. The number of carbonyl (C=O) groups is 1. The number of aromatic hydroxyl groups is 1. The first-order valence-corrected chi connectivity index (χ1v) is 12.2. The number of amides is 1. The van der Waals surface area contributed by atoms with E-state index in [0.717, 1.165) is 73.9 Å². The molecule has 0 radical (unpaired) electrons. The van der Waals surface area contributed by atoms with Crippen molar-refractivity contribution in [2.24, 2.45) is 10.9 Å². The van der Waals surface area contributed by atoms with Crippen molar-refractivity contribution < 1.29 is 9.90 Å². The number of unbranched alkanes of at least 4 members (excludes halogenated alkanes) is 1. The highest BCUT2D eigenvalue weighted by Crippen LogP contribution is 2.40. The zero-order valence-electron chi connectivity index (χ0n) is 19.7. The highest BCUT2D eigenvalue weighted by Gasteiger charge is 2.49. The molecule has 4 nitrogen and oxygen atoms in total. The van der Waals surface area contributed by atoms with Crippen LogP contribution >= 0.6 is 0 Å². The molecule has 0 unspecified atom stereocenters. The fourth-order valence-electron chi connectivity index (χ4n) is 5.12. The van der Waals surface area contributed by atoms with Crippen molar-refractivity contribution in [1.29, 1.82) is 0 Å². The van der Waals surface area contributed by atoms with E-state index in [1.165, 1.54) is 5.56 Å². The fraction of sp³-hybridized carbons (Fsp3) is 0.500. The van der Waals surface area contributed by atoms with Gasteiger partial charge in [0.2, 0.25) is 0 Å². The Morgan fingerprint density at radius 3 is 2.47 bits per heavy atom. The van der Waals surface area contributed by atoms with Crippen LogP contribution < -0.4 is 0 Å². The normalized spacial score (nSPS) is 17.6. The number of benzene rings is 2. The fourth-order valence-corrected chi connectivity index (χ4v) is 5.12. The van der Waals surface area contributed by atoms with Crippen molar-refractivity contribution in [3.05, 3.63) is 53.6 Å². The third kappa shape index (κ3) is 4.60. The van der Waals surface area contributed by atoms with Crippen LogP contribution in [-0.4, -0.2) is 27.3 Å². The van der Waals surface area contributed by atoms with E-state index in [4.69, 9.17) is 4.99 Å². The van der Waals surface area contributed by atoms with Crippen LogP contribution in [0.1, 0.15) is 76.8 Å². The molecule has 170 valence electrons. The summed E-state index contributed by atoms with van der Waals surface area (Å²) in [6.45, 7) is 7.19. The summed E-state index contributed by atoms with van der Waals surface area (Å²) in [7, 11) is 0. The van der Waals surface area contributed by atoms with Gasteiger partial charge in [-0.3, -0.25) is 14.7 Å². The highest BCUT2D eigenvalue weighted by molar-refractivity contribution is 6.08. The van der Waals surface area contributed by atoms with E-state index in [1.807, 2.05) is 17.0 Å². The number of carbonyl (C=O) groups excluding carboxylic acids is 1. The van der Waals surface area contributed by atoms with Gasteiger partial charge in [0.05, 0.1) is 6.54 Å². The molecule has 0 bridgehead atoms. The topological polar surface area (TPSA) is 52.9 Å². The molecule has 4 rings (SSSR count). The summed E-state index contributed by atoms with van der Waals surface area (Å²) in [6.07, 6.45) is 8.00. The minimum absolute atomic E-state index is 0.206. The third-order valence-electron chi connectivity index (χ3n) is 6.81. The van der Waals surface area contributed by atoms with Gasteiger partial charge >= 0.3 is 0 Å². The molecule has 4 heteroatoms. The maximum absolute atomic E-state index is 13.4. The minimum Gasteiger partial charge on any atom is -0.508 e. The van der Waals surface area contributed by atoms with Gasteiger partial charge in [0.25, 0.3) is 5.91 Å². The van der Waals surface area contributed by atoms with Gasteiger partial charge in [-0.2, -0.15) is 0 Å². The van der Waals surface area contributed by atoms with Gasteiger partial charge in [-0.15, -0.1) is 0 Å². The van der Waals surface area contributed by atoms with Gasteiger partial charge in [0.1, 0.15) is 17.1 Å². The Labute approximate surface area is 192 Å². The van der Waals surface area contributed by atoms with Crippen molar-refractivity contribution >= 4 is 11.7 Å². The van der Waals surface area contributed by atoms with Crippen molar-refractivity contribution in [2.75, 3.05) is 0 Å². The van der Waals surface area contributed by atoms with Crippen LogP contribution in [-0.2, 0) is 17.8 Å². The van der Waals surface area contributed by atoms with Crippen LogP contribution in [0.2, 0.25) is 0 Å². The van der Waals surface area contributed by atoms with E-state index in [2.05, 4.69) is 45.0 Å². The predicted octanol–water partition coefficient (Wildman–Crippen LogP) is 6.50. The number of rotatable bonds is 8. The van der Waals surface area contributed by atoms with Crippen LogP contribution in [0.25, 0.3) is 11.1 Å². The summed E-state index contributed by atoms with van der Waals surface area (Å²) < 4.78 is 0. The van der Waals surface area contributed by atoms with Crippen LogP contribution in [0.3, 0.4) is 0 Å². The van der Waals surface area contributed by atoms with Gasteiger partial charge in [-0.25, -0.2) is 0 Å². The second-order valence-corrected chi connectivity index (χ2v) is 9.90. The molecule has 1 aliphatic carbocycles. The number of aliphatic imine (C=N–C) groups is 1. The molecule has 0 saturated heterocycles. The summed E-state index contributed by atoms with van der Waals surface area (Å²) in [5.41, 5.74) is 4.07. The van der Waals surface area contributed by atoms with E-state index < -0.39 is 5.54 Å². The standard InChI is InChI=1S/C28H36N2O2/c1-4-5-8-26-29-28(15-6-7-16-28)27(32)30(26)19-21-9-11-22(12-10-21)25-18-24(31)14-13-23(25)17-20(2)3/h9-14,18,20,31H,4-8,15-17,19H2,1-3H3. The molecule has 0 aromatic heterocycles. The number of phenolic OH excluding ortho intramolecular Hbond substituents is 1. The van der Waals surface area contributed by atoms with Crippen LogP contribution in [0.5, 0.6) is 5.75 Å². The van der Waals surface area contributed by atoms with E-state index >= 15 is 0 Å². The number of amidine groups is 1. The molecule has 1 fully saturated rings. The lowest BCUT2D eigenvalue weighted by atomic mass is 9.93. The number of nitrogens with zero attached hydrogens (tertiary/aromatic N) is 2. The SMILES string of the molecule is CCCCC1=NC2(CCCC2)C(=O)N1Cc1ccc(-c2cc(O)ccc2CC(C)C)cc1. The van der Waals surface area contributed by atoms with Gasteiger partial charge in [0, 0.05) is 6.42 Å². The zero-order valence-corrected chi connectivity index (χ0v) is 19.7. The summed E-state index contributed by atoms with van der Waals surface area (Å²) >= 11 is 0. The molecule has 1 saturated carbocycles. The Balaban J connectivity index is 1.56. The van der Waals surface area contributed by atoms with E-state index in [0.29, 0.717) is 12.5 Å². The summed E-state index contributed by atoms with van der Waals surface area (Å²) in [5.74, 6) is 2.02. The quantitative estimate of drug-likeness (QED) is 0.517. The molecule has 1 N–H and O–H groups in total. The van der Waals surface area contributed by atoms with E-state index in [1.54, 1.807) is 6.07 Å². The second kappa shape index (κ2) is 9.48. The molecule has 1 spiro atoms. The Morgan fingerprint density at radius 2 is 1.81 bits per heavy atom. The lowest BCUT2D eigenvalue weighted by Crippen LogP contribution is -2.40. The van der Waals surface area contributed by atoms with Gasteiger partial charge in [-0.1, -0.05) is 70.4 Å². The summed E-state index contributed by atoms with van der Waals surface area (Å²) in [6, 6.07) is 14.1. The highest BCUT2D eigenvalue weighted by atomic mass is 16.3. The molecule has 1 aliphatic heterocycles. The first-order valence-electron chi connectivity index (χ1n) is 12.2. The monoisotopic (exact) mass is 432 g/mol. The molecule has 1 heterocycles. The summed E-state index contributed by atoms with van der Waals surface area (Å²) in [5, 5.41) is 10.0. The molecule has 32 heavy (non-hydrogen) atoms. The average molecular weight is 433 g/mol. The number of hydrogen-bond donors (Lipinski definition) is 1. The van der Waals surface area contributed by atoms with Crippen LogP contribution in [0.4, 0.5) is 0 Å². The van der Waals surface area contributed by atoms with E-state index in [9.17, 15) is 9.90 Å². The van der Waals surface area contributed by atoms with Crippen molar-refractivity contribution in [3.63, 3.8) is 0 Å². The molecular formula is C28H36N2O2. The third-order valence-corrected chi connectivity index (χ3v) is 6.81. The summed E-state index contributed by atoms with van der Waals surface area (Å²) in [4.78, 5) is 20.3. The maximum Gasteiger partial charge on any atom is 0.256 e. The molecule has 2 aliphatic rings. The largest absolute Gasteiger partial charge is 0.508 e. The first-order chi connectivity index (χ1) is 15.4. The van der Waals surface area contributed by atoms with Gasteiger partial charge in [-0.05, 0) is 66.0 Å². The number of hydrogen-bond acceptors (Lipinski definition) is 3. The van der Waals surface area contributed by atoms with Crippen molar-refractivity contribution in [1.82, 2.24) is 4.90 Å². The molecule has 2 aromatic carbocycles. The van der Waals surface area contributed by atoms with Gasteiger partial charge in [0.15, 0.2) is 0 Å².